The number of nitrogens with one attached hydrogen (secondary N) is 3. The molecule has 0 radical (unpaired) electrons. The molecule has 0 aliphatic rings. The molecule has 3 N–H and O–H groups in total. The van der Waals surface area contributed by atoms with Crippen molar-refractivity contribution < 1.29 is 19.1 Å². The van der Waals surface area contributed by atoms with Crippen LogP contribution in [0.2, 0.25) is 0 Å². The average Bonchev–Trinajstić information content (AvgIpc) is 2.85. The molecule has 1 atom stereocenters. The van der Waals surface area contributed by atoms with E-state index in [0.717, 1.165) is 11.1 Å². The molecule has 0 saturated carbocycles. The molecule has 0 aromatic heterocycles. The molecule has 0 unspecified atom stereocenters. The molecule has 0 bridgehead atoms. The van der Waals surface area contributed by atoms with E-state index in [0.29, 0.717) is 17.0 Å². The fraction of sp³-hybridized carbons (Fsp3) is 0.154. The summed E-state index contributed by atoms with van der Waals surface area (Å²) >= 11 is 0. The minimum atomic E-state index is -0.879. The number of amides is 3. The molecule has 34 heavy (non-hydrogen) atoms. The molecule has 3 amide bonds. The molecule has 3 aromatic carbocycles. The number of carbonyl (C=O) groups excluding carboxylic acids is 3. The number of benzene rings is 3. The van der Waals surface area contributed by atoms with Crippen molar-refractivity contribution in [2.75, 3.05) is 11.9 Å². The Labute approximate surface area is 198 Å². The second-order valence-electron chi connectivity index (χ2n) is 7.53. The number of anilines is 1. The summed E-state index contributed by atoms with van der Waals surface area (Å²) in [5.74, 6) is -1.40. The number of carbonyl (C=O) groups is 3. The zero-order valence-electron chi connectivity index (χ0n) is 18.9. The van der Waals surface area contributed by atoms with Gasteiger partial charge in [-0.25, -0.2) is 5.43 Å². The highest BCUT2D eigenvalue weighted by atomic mass is 16.5. The number of hydrogen-bond acceptors (Lipinski definition) is 5. The molecule has 3 rings (SSSR count). The molecule has 8 heteroatoms. The number of rotatable bonds is 8. The van der Waals surface area contributed by atoms with E-state index >= 15 is 0 Å². The van der Waals surface area contributed by atoms with Gasteiger partial charge in [-0.05, 0) is 60.9 Å². The Hall–Kier alpha value is -4.46. The summed E-state index contributed by atoms with van der Waals surface area (Å²) in [5.41, 5.74) is 5.29. The van der Waals surface area contributed by atoms with Crippen LogP contribution in [0.25, 0.3) is 0 Å². The van der Waals surface area contributed by atoms with Crippen LogP contribution in [0.3, 0.4) is 0 Å². The van der Waals surface area contributed by atoms with E-state index < -0.39 is 11.8 Å². The molecule has 0 spiro atoms. The van der Waals surface area contributed by atoms with Gasteiger partial charge in [-0.2, -0.15) is 5.10 Å². The SMILES string of the molecule is Cc1ccccc1NC(=O)C(=O)N/N=C\c1ccc(OCC(=O)N[C@H](C)c2ccccc2)cc1. The fourth-order valence-electron chi connectivity index (χ4n) is 3.02. The van der Waals surface area contributed by atoms with Gasteiger partial charge < -0.3 is 15.4 Å². The predicted molar refractivity (Wildman–Crippen MR) is 130 cm³/mol. The van der Waals surface area contributed by atoms with Crippen molar-refractivity contribution in [3.05, 3.63) is 95.6 Å². The molecule has 174 valence electrons. The lowest BCUT2D eigenvalue weighted by Gasteiger charge is -2.14. The van der Waals surface area contributed by atoms with E-state index in [1.54, 1.807) is 36.4 Å². The number of nitrogens with zero attached hydrogens (tertiary/aromatic N) is 1. The average molecular weight is 459 g/mol. The summed E-state index contributed by atoms with van der Waals surface area (Å²) in [6, 6.07) is 23.5. The van der Waals surface area contributed by atoms with Crippen molar-refractivity contribution in [3.8, 4) is 5.75 Å². The molecular weight excluding hydrogens is 432 g/mol. The molecule has 0 aliphatic heterocycles. The monoisotopic (exact) mass is 458 g/mol. The summed E-state index contributed by atoms with van der Waals surface area (Å²) < 4.78 is 5.52. The minimum absolute atomic E-state index is 0.114. The Morgan fingerprint density at radius 2 is 1.59 bits per heavy atom. The van der Waals surface area contributed by atoms with E-state index in [2.05, 4.69) is 21.2 Å². The van der Waals surface area contributed by atoms with Crippen molar-refractivity contribution in [2.45, 2.75) is 19.9 Å². The third-order valence-corrected chi connectivity index (χ3v) is 4.91. The van der Waals surface area contributed by atoms with E-state index in [-0.39, 0.29) is 18.6 Å². The Kier molecular flexibility index (Phi) is 8.51. The third kappa shape index (κ3) is 7.30. The van der Waals surface area contributed by atoms with Crippen LogP contribution in [0.4, 0.5) is 5.69 Å². The zero-order valence-corrected chi connectivity index (χ0v) is 18.9. The fourth-order valence-corrected chi connectivity index (χ4v) is 3.02. The van der Waals surface area contributed by atoms with E-state index in [1.165, 1.54) is 6.21 Å². The number of aryl methyl sites for hydroxylation is 1. The molecule has 8 nitrogen and oxygen atoms in total. The van der Waals surface area contributed by atoms with Crippen molar-refractivity contribution in [2.24, 2.45) is 5.10 Å². The van der Waals surface area contributed by atoms with Crippen molar-refractivity contribution in [3.63, 3.8) is 0 Å². The number of ether oxygens (including phenoxy) is 1. The Bertz CT molecular complexity index is 1160. The molecule has 3 aromatic rings. The van der Waals surface area contributed by atoms with Crippen molar-refractivity contribution in [1.29, 1.82) is 0 Å². The lowest BCUT2D eigenvalue weighted by atomic mass is 10.1. The zero-order chi connectivity index (χ0) is 24.3. The normalized spacial score (nSPS) is 11.5. The maximum atomic E-state index is 12.1. The lowest BCUT2D eigenvalue weighted by molar-refractivity contribution is -0.136. The Balaban J connectivity index is 1.42. The predicted octanol–water partition coefficient (Wildman–Crippen LogP) is 3.34. The topological polar surface area (TPSA) is 109 Å². The van der Waals surface area contributed by atoms with Crippen LogP contribution >= 0.6 is 0 Å². The second kappa shape index (κ2) is 12.0. The van der Waals surface area contributed by atoms with Gasteiger partial charge in [-0.1, -0.05) is 48.5 Å². The van der Waals surface area contributed by atoms with Crippen LogP contribution in [0.15, 0.2) is 84.0 Å². The van der Waals surface area contributed by atoms with Crippen LogP contribution in [-0.2, 0) is 14.4 Å². The van der Waals surface area contributed by atoms with Crippen molar-refractivity contribution >= 4 is 29.6 Å². The summed E-state index contributed by atoms with van der Waals surface area (Å²) in [7, 11) is 0. The maximum Gasteiger partial charge on any atom is 0.329 e. The standard InChI is InChI=1S/C26H26N4O4/c1-18-8-6-7-11-23(18)29-25(32)26(33)30-27-16-20-12-14-22(15-13-20)34-17-24(31)28-19(2)21-9-4-3-5-10-21/h3-16,19H,17H2,1-2H3,(H,28,31)(H,29,32)(H,30,33)/b27-16-/t19-/m1/s1. The first-order valence-electron chi connectivity index (χ1n) is 10.7. The Morgan fingerprint density at radius 3 is 2.29 bits per heavy atom. The van der Waals surface area contributed by atoms with Gasteiger partial charge in [0.05, 0.1) is 12.3 Å². The highest BCUT2D eigenvalue weighted by Crippen LogP contribution is 2.14. The highest BCUT2D eigenvalue weighted by molar-refractivity contribution is 6.39. The molecule has 0 aliphatic carbocycles. The first-order valence-corrected chi connectivity index (χ1v) is 10.7. The minimum Gasteiger partial charge on any atom is -0.484 e. The van der Waals surface area contributed by atoms with Gasteiger partial charge in [0.1, 0.15) is 5.75 Å². The smallest absolute Gasteiger partial charge is 0.329 e. The van der Waals surface area contributed by atoms with Crippen LogP contribution < -0.4 is 20.8 Å². The number of para-hydroxylation sites is 1. The van der Waals surface area contributed by atoms with Gasteiger partial charge >= 0.3 is 11.8 Å². The van der Waals surface area contributed by atoms with Gasteiger partial charge in [0, 0.05) is 5.69 Å². The van der Waals surface area contributed by atoms with Gasteiger partial charge in [-0.15, -0.1) is 0 Å². The van der Waals surface area contributed by atoms with E-state index in [1.807, 2.05) is 56.3 Å². The first-order chi connectivity index (χ1) is 16.4. The van der Waals surface area contributed by atoms with E-state index in [4.69, 9.17) is 4.74 Å². The molecule has 0 heterocycles. The second-order valence-corrected chi connectivity index (χ2v) is 7.53. The summed E-state index contributed by atoms with van der Waals surface area (Å²) in [5, 5.41) is 9.22. The van der Waals surface area contributed by atoms with Gasteiger partial charge in [0.15, 0.2) is 6.61 Å². The lowest BCUT2D eigenvalue weighted by Crippen LogP contribution is -2.32. The maximum absolute atomic E-state index is 12.1. The first kappa shape index (κ1) is 24.2. The van der Waals surface area contributed by atoms with Crippen LogP contribution in [0.1, 0.15) is 29.7 Å². The van der Waals surface area contributed by atoms with Gasteiger partial charge in [-0.3, -0.25) is 14.4 Å². The Morgan fingerprint density at radius 1 is 0.912 bits per heavy atom. The third-order valence-electron chi connectivity index (χ3n) is 4.91. The summed E-state index contributed by atoms with van der Waals surface area (Å²) in [4.78, 5) is 36.0. The van der Waals surface area contributed by atoms with Crippen LogP contribution in [-0.4, -0.2) is 30.5 Å². The number of hydrazone groups is 1. The molecule has 0 saturated heterocycles. The molecular formula is C26H26N4O4. The van der Waals surface area contributed by atoms with Gasteiger partial charge in [0.2, 0.25) is 0 Å². The summed E-state index contributed by atoms with van der Waals surface area (Å²) in [6.45, 7) is 3.62. The largest absolute Gasteiger partial charge is 0.484 e. The van der Waals surface area contributed by atoms with Crippen molar-refractivity contribution in [1.82, 2.24) is 10.7 Å². The van der Waals surface area contributed by atoms with E-state index in [9.17, 15) is 14.4 Å². The van der Waals surface area contributed by atoms with Crippen LogP contribution in [0.5, 0.6) is 5.75 Å². The highest BCUT2D eigenvalue weighted by Gasteiger charge is 2.13. The number of hydrogen-bond donors (Lipinski definition) is 3. The van der Waals surface area contributed by atoms with Crippen LogP contribution in [0, 0.1) is 6.92 Å². The quantitative estimate of drug-likeness (QED) is 0.273. The molecule has 0 fully saturated rings. The summed E-state index contributed by atoms with van der Waals surface area (Å²) in [6.07, 6.45) is 1.40. The van der Waals surface area contributed by atoms with Gasteiger partial charge in [0.25, 0.3) is 5.91 Å².